The van der Waals surface area contributed by atoms with Gasteiger partial charge in [0.05, 0.1) is 10.1 Å². The number of aliphatic carboxylic acids is 1. The van der Waals surface area contributed by atoms with Gasteiger partial charge in [-0.3, -0.25) is 0 Å². The molecule has 0 saturated carbocycles. The average Bonchev–Trinajstić information content (AvgIpc) is 2.37. The lowest BCUT2D eigenvalue weighted by Gasteiger charge is -2.07. The van der Waals surface area contributed by atoms with Crippen molar-refractivity contribution in [3.63, 3.8) is 0 Å². The first-order valence-electron chi connectivity index (χ1n) is 7.21. The van der Waals surface area contributed by atoms with E-state index in [1.807, 2.05) is 13.8 Å². The molecule has 25 heavy (non-hydrogen) atoms. The minimum atomic E-state index is -3.92. The highest BCUT2D eigenvalue weighted by Gasteiger charge is 2.05. The van der Waals surface area contributed by atoms with Gasteiger partial charge in [-0.2, -0.15) is 13.1 Å². The molecular weight excluding hydrogens is 362 g/mol. The van der Waals surface area contributed by atoms with Gasteiger partial charge < -0.3 is 19.8 Å². The van der Waals surface area contributed by atoms with Crippen LogP contribution >= 0.6 is 0 Å². The number of carbonyl (C=O) groups excluding carboxylic acids is 1. The monoisotopic (exact) mass is 395 g/mol. The molecule has 0 aromatic heterocycles. The maximum absolute atomic E-state index is 9.08. The predicted octanol–water partition coefficient (Wildman–Crippen LogP) is 2.19. The van der Waals surface area contributed by atoms with Gasteiger partial charge in [-0.1, -0.05) is 33.4 Å². The second-order valence-corrected chi connectivity index (χ2v) is 8.20. The zero-order valence-corrected chi connectivity index (χ0v) is 17.2. The van der Waals surface area contributed by atoms with Crippen molar-refractivity contribution in [2.24, 2.45) is 0 Å². The van der Waals surface area contributed by atoms with Crippen LogP contribution in [-0.2, 0) is 25.8 Å². The normalized spacial score (nSPS) is 9.16. The summed E-state index contributed by atoms with van der Waals surface area (Å²) in [5.41, 5.74) is 1.36. The third-order valence-corrected chi connectivity index (χ3v) is 3.10. The van der Waals surface area contributed by atoms with E-state index in [0.717, 1.165) is 20.0 Å². The Morgan fingerprint density at radius 1 is 1.20 bits per heavy atom. The summed E-state index contributed by atoms with van der Waals surface area (Å²) in [4.78, 5) is 10.3. The molecule has 150 valence electrons. The summed E-state index contributed by atoms with van der Waals surface area (Å²) >= 11 is 0. The molecule has 0 atom stereocenters. The fourth-order valence-electron chi connectivity index (χ4n) is 1.09. The lowest BCUT2D eigenvalue weighted by molar-refractivity contribution is -0.302. The van der Waals surface area contributed by atoms with E-state index >= 15 is 0 Å². The van der Waals surface area contributed by atoms with E-state index in [-0.39, 0.29) is 7.43 Å². The topological polar surface area (TPSA) is 111 Å². The summed E-state index contributed by atoms with van der Waals surface area (Å²) in [7, 11) is -3.51. The predicted molar refractivity (Wildman–Crippen MR) is 106 cm³/mol. The third kappa shape index (κ3) is 45.1. The molecule has 0 N–H and O–H groups in total. The van der Waals surface area contributed by atoms with Gasteiger partial charge in [0.15, 0.2) is 4.90 Å². The number of rotatable bonds is 3. The first-order chi connectivity index (χ1) is 10.8. The second kappa shape index (κ2) is 19.2. The molecule has 0 aliphatic rings. The van der Waals surface area contributed by atoms with Gasteiger partial charge >= 0.3 is 0 Å². The lowest BCUT2D eigenvalue weighted by Crippen LogP contribution is -2.16. The summed E-state index contributed by atoms with van der Waals surface area (Å²) in [6, 6.07) is 8.70. The highest BCUT2D eigenvalue weighted by Crippen LogP contribution is 2.09. The Morgan fingerprint density at radius 2 is 1.56 bits per heavy atom. The molecule has 6 nitrogen and oxygen atoms in total. The molecule has 1 rings (SSSR count). The molecule has 0 unspecified atom stereocenters. The fraction of sp³-hybridized carbons (Fsp3) is 0.588. The van der Waals surface area contributed by atoms with Crippen molar-refractivity contribution in [3.05, 3.63) is 35.1 Å². The number of carboxylic acids is 1. The van der Waals surface area contributed by atoms with Crippen molar-refractivity contribution < 1.29 is 22.9 Å². The summed E-state index contributed by atoms with van der Waals surface area (Å²) in [6.45, 7) is 9.14. The largest absolute Gasteiger partial charge is 0.748 e. The van der Waals surface area contributed by atoms with Crippen LogP contribution in [0.3, 0.4) is 0 Å². The number of hydrogen-bond donors (Lipinski definition) is 0. The fourth-order valence-corrected chi connectivity index (χ4v) is 1.87. The Bertz CT molecular complexity index is 518. The van der Waals surface area contributed by atoms with Crippen molar-refractivity contribution >= 4 is 27.0 Å². The summed E-state index contributed by atoms with van der Waals surface area (Å²) in [5, 5.41) is 12.9. The van der Waals surface area contributed by atoms with Gasteiger partial charge in [-0.15, -0.1) is 0 Å². The zero-order valence-electron chi connectivity index (χ0n) is 15.5. The Morgan fingerprint density at radius 3 is 1.72 bits per heavy atom. The van der Waals surface area contributed by atoms with Crippen LogP contribution in [0.4, 0.5) is 0 Å². The third-order valence-electron chi connectivity index (χ3n) is 1.91. The van der Waals surface area contributed by atoms with Gasteiger partial charge in [0, 0.05) is 23.1 Å². The molecule has 0 heterocycles. The molecule has 0 fully saturated rings. The highest BCUT2D eigenvalue weighted by molar-refractivity contribution is 7.95. The van der Waals surface area contributed by atoms with E-state index in [4.69, 9.17) is 22.9 Å². The first-order valence-corrected chi connectivity index (χ1v) is 11.1. The highest BCUT2D eigenvalue weighted by atomic mass is 32.2. The standard InChI is InChI=1S/C9H13S.C4H10N.C2H4O2.CH4O3S.CH4/c1-8-5-4-6-9(7-8)10(2)3;1-3-5-4-2;1-2(3)4;1-5(2,3)4;/h4-7H,1-3H3;3-4H2,1-2H3;1H3,(H,3,4);1H3,(H,2,3,4);1H4/q+1;-1;;;/p-2. The van der Waals surface area contributed by atoms with Crippen LogP contribution in [0.25, 0.3) is 5.32 Å². The Hall–Kier alpha value is -1.09. The van der Waals surface area contributed by atoms with Gasteiger partial charge in [0.25, 0.3) is 0 Å². The zero-order chi connectivity index (χ0) is 19.8. The Kier molecular flexibility index (Phi) is 24.4. The average molecular weight is 396 g/mol. The molecule has 0 saturated heterocycles. The quantitative estimate of drug-likeness (QED) is 0.575. The van der Waals surface area contributed by atoms with E-state index in [9.17, 15) is 0 Å². The first kappa shape index (κ1) is 31.7. The number of carbonyl (C=O) groups is 1. The molecule has 0 amide bonds. The molecular formula is C17H33NO5S2-2. The van der Waals surface area contributed by atoms with Crippen molar-refractivity contribution in [2.45, 2.75) is 40.0 Å². The van der Waals surface area contributed by atoms with Gasteiger partial charge in [-0.25, -0.2) is 8.42 Å². The lowest BCUT2D eigenvalue weighted by atomic mass is 10.2. The maximum Gasteiger partial charge on any atom is 0.154 e. The van der Waals surface area contributed by atoms with Crippen LogP contribution in [0.15, 0.2) is 29.2 Å². The number of aryl methyl sites for hydroxylation is 1. The summed E-state index contributed by atoms with van der Waals surface area (Å²) in [5.74, 6) is -1.08. The Balaban J connectivity index is -0.000000127. The van der Waals surface area contributed by atoms with Crippen LogP contribution in [-0.4, -0.2) is 50.8 Å². The number of hydrogen-bond acceptors (Lipinski definition) is 5. The van der Waals surface area contributed by atoms with E-state index in [2.05, 4.69) is 49.0 Å². The maximum atomic E-state index is 9.08. The minimum Gasteiger partial charge on any atom is -0.748 e. The molecule has 0 bridgehead atoms. The van der Waals surface area contributed by atoms with Gasteiger partial charge in [-0.05, 0) is 31.5 Å². The van der Waals surface area contributed by atoms with Crippen molar-refractivity contribution in [2.75, 3.05) is 31.9 Å². The van der Waals surface area contributed by atoms with Crippen LogP contribution in [0.5, 0.6) is 0 Å². The van der Waals surface area contributed by atoms with Crippen molar-refractivity contribution in [3.8, 4) is 0 Å². The van der Waals surface area contributed by atoms with E-state index in [1.165, 1.54) is 10.5 Å². The van der Waals surface area contributed by atoms with Crippen LogP contribution in [0.1, 0.15) is 33.8 Å². The van der Waals surface area contributed by atoms with E-state index in [0.29, 0.717) is 17.2 Å². The number of benzene rings is 1. The van der Waals surface area contributed by atoms with Crippen LogP contribution in [0, 0.1) is 6.92 Å². The van der Waals surface area contributed by atoms with Crippen molar-refractivity contribution in [1.29, 1.82) is 0 Å². The minimum absolute atomic E-state index is 0. The van der Waals surface area contributed by atoms with Crippen molar-refractivity contribution in [1.82, 2.24) is 0 Å². The van der Waals surface area contributed by atoms with E-state index in [1.54, 1.807) is 0 Å². The van der Waals surface area contributed by atoms with Crippen LogP contribution in [0.2, 0.25) is 0 Å². The molecule has 0 aliphatic carbocycles. The SMILES string of the molecule is C.CC(=O)[O-].CC[N-]CC.CS(=O)(=O)[O-].Cc1cccc([S+](C)C)c1. The summed E-state index contributed by atoms with van der Waals surface area (Å²) in [6.07, 6.45) is 5.09. The van der Waals surface area contributed by atoms with Crippen LogP contribution < -0.4 is 5.11 Å². The molecule has 1 aromatic rings. The van der Waals surface area contributed by atoms with Gasteiger partial charge in [0.1, 0.15) is 12.5 Å². The molecule has 0 spiro atoms. The van der Waals surface area contributed by atoms with E-state index < -0.39 is 16.1 Å². The number of carboxylic acid groups (broad SMARTS) is 1. The number of nitrogens with zero attached hydrogens (tertiary/aromatic N) is 1. The van der Waals surface area contributed by atoms with Gasteiger partial charge in [0.2, 0.25) is 0 Å². The smallest absolute Gasteiger partial charge is 0.154 e. The molecule has 0 aliphatic heterocycles. The Labute approximate surface area is 157 Å². The summed E-state index contributed by atoms with van der Waals surface area (Å²) < 4.78 is 27.2. The molecule has 8 heteroatoms. The molecule has 1 aromatic carbocycles. The molecule has 0 radical (unpaired) electrons. The second-order valence-electron chi connectivity index (χ2n) is 4.68.